The molecule has 2 rings (SSSR count). The fraction of sp³-hybridized carbons (Fsp3) is 0.562. The van der Waals surface area contributed by atoms with E-state index in [1.165, 1.54) is 6.04 Å². The highest BCUT2D eigenvalue weighted by molar-refractivity contribution is 6.76. The number of ether oxygens (including phenoxy) is 1. The van der Waals surface area contributed by atoms with Gasteiger partial charge in [0.1, 0.15) is 0 Å². The van der Waals surface area contributed by atoms with Crippen LogP contribution in [0.15, 0.2) is 18.2 Å². The second-order valence-corrected chi connectivity index (χ2v) is 12.9. The van der Waals surface area contributed by atoms with Crippen LogP contribution in [0.5, 0.6) is 0 Å². The first kappa shape index (κ1) is 15.3. The molecule has 0 fully saturated rings. The van der Waals surface area contributed by atoms with E-state index in [1.54, 1.807) is 0 Å². The summed E-state index contributed by atoms with van der Waals surface area (Å²) in [6.45, 7) is 12.5. The Hall–Kier alpha value is -1.13. The number of hydrogen-bond acceptors (Lipinski definition) is 2. The number of nitrogens with one attached hydrogen (secondary N) is 1. The van der Waals surface area contributed by atoms with Crippen LogP contribution >= 0.6 is 0 Å². The summed E-state index contributed by atoms with van der Waals surface area (Å²) >= 11 is 0. The number of fused-ring (bicyclic) bond motifs is 1. The van der Waals surface area contributed by atoms with Gasteiger partial charge in [-0.3, -0.25) is 4.79 Å². The van der Waals surface area contributed by atoms with E-state index in [1.807, 2.05) is 26.0 Å². The van der Waals surface area contributed by atoms with Gasteiger partial charge in [-0.25, -0.2) is 0 Å². The molecule has 0 unspecified atom stereocenters. The van der Waals surface area contributed by atoms with Crippen molar-refractivity contribution in [2.24, 2.45) is 0 Å². The van der Waals surface area contributed by atoms with Gasteiger partial charge in [-0.05, 0) is 37.1 Å². The summed E-state index contributed by atoms with van der Waals surface area (Å²) in [6.07, 6.45) is 0. The van der Waals surface area contributed by atoms with E-state index < -0.39 is 8.07 Å². The first-order chi connectivity index (χ1) is 9.21. The summed E-state index contributed by atoms with van der Waals surface area (Å²) in [6, 6.07) is 7.07. The fourth-order valence-corrected chi connectivity index (χ4v) is 3.38. The zero-order valence-corrected chi connectivity index (χ0v) is 14.2. The summed E-state index contributed by atoms with van der Waals surface area (Å²) < 4.78 is 5.85. The highest BCUT2D eigenvalue weighted by Crippen LogP contribution is 2.33. The van der Waals surface area contributed by atoms with Crippen molar-refractivity contribution in [2.75, 3.05) is 6.61 Å². The minimum atomic E-state index is -1.05. The SMILES string of the molecule is CC1(C)NC(=O)c2cccc(COCC[Si](C)(C)C)c21. The van der Waals surface area contributed by atoms with Gasteiger partial charge in [0, 0.05) is 20.2 Å². The molecular formula is C16H25NO2Si. The molecule has 110 valence electrons. The highest BCUT2D eigenvalue weighted by Gasteiger charge is 2.36. The number of carbonyl (C=O) groups is 1. The van der Waals surface area contributed by atoms with Crippen LogP contribution in [0.4, 0.5) is 0 Å². The largest absolute Gasteiger partial charge is 0.377 e. The molecule has 0 radical (unpaired) electrons. The maximum Gasteiger partial charge on any atom is 0.252 e. The van der Waals surface area contributed by atoms with Crippen molar-refractivity contribution in [1.82, 2.24) is 5.32 Å². The van der Waals surface area contributed by atoms with Gasteiger partial charge in [0.2, 0.25) is 0 Å². The van der Waals surface area contributed by atoms with Crippen LogP contribution in [-0.2, 0) is 16.9 Å². The zero-order chi connectivity index (χ0) is 15.0. The van der Waals surface area contributed by atoms with Gasteiger partial charge in [0.05, 0.1) is 12.1 Å². The van der Waals surface area contributed by atoms with Gasteiger partial charge in [0.25, 0.3) is 5.91 Å². The predicted octanol–water partition coefficient (Wildman–Crippen LogP) is 3.52. The second-order valence-electron chi connectivity index (χ2n) is 7.28. The quantitative estimate of drug-likeness (QED) is 0.666. The Balaban J connectivity index is 2.09. The highest BCUT2D eigenvalue weighted by atomic mass is 28.3. The van der Waals surface area contributed by atoms with Gasteiger partial charge in [0.15, 0.2) is 0 Å². The normalized spacial score (nSPS) is 16.9. The predicted molar refractivity (Wildman–Crippen MR) is 84.7 cm³/mol. The molecule has 0 saturated carbocycles. The van der Waals surface area contributed by atoms with Crippen LogP contribution < -0.4 is 5.32 Å². The smallest absolute Gasteiger partial charge is 0.252 e. The summed E-state index contributed by atoms with van der Waals surface area (Å²) in [5.41, 5.74) is 2.71. The van der Waals surface area contributed by atoms with Crippen LogP contribution in [0.1, 0.15) is 35.3 Å². The van der Waals surface area contributed by atoms with Crippen molar-refractivity contribution in [2.45, 2.75) is 51.7 Å². The number of carbonyl (C=O) groups excluding carboxylic acids is 1. The minimum absolute atomic E-state index is 0.0222. The molecule has 4 heteroatoms. The molecule has 3 nitrogen and oxygen atoms in total. The molecule has 0 saturated heterocycles. The lowest BCUT2D eigenvalue weighted by Crippen LogP contribution is -2.33. The van der Waals surface area contributed by atoms with E-state index in [4.69, 9.17) is 4.74 Å². The number of amides is 1. The van der Waals surface area contributed by atoms with Crippen LogP contribution in [0.25, 0.3) is 0 Å². The maximum atomic E-state index is 11.9. The third-order valence-corrected chi connectivity index (χ3v) is 5.40. The first-order valence-electron chi connectivity index (χ1n) is 7.23. The molecule has 20 heavy (non-hydrogen) atoms. The third-order valence-electron chi connectivity index (χ3n) is 3.70. The molecule has 0 bridgehead atoms. The average Bonchev–Trinajstić information content (AvgIpc) is 2.55. The molecule has 1 heterocycles. The minimum Gasteiger partial charge on any atom is -0.377 e. The first-order valence-corrected chi connectivity index (χ1v) is 10.9. The van der Waals surface area contributed by atoms with Crippen molar-refractivity contribution < 1.29 is 9.53 Å². The van der Waals surface area contributed by atoms with Crippen molar-refractivity contribution in [1.29, 1.82) is 0 Å². The Morgan fingerprint density at radius 3 is 2.60 bits per heavy atom. The van der Waals surface area contributed by atoms with E-state index in [0.29, 0.717) is 6.61 Å². The van der Waals surface area contributed by atoms with Gasteiger partial charge >= 0.3 is 0 Å². The summed E-state index contributed by atoms with van der Waals surface area (Å²) in [5.74, 6) is 0.0222. The Kier molecular flexibility index (Phi) is 4.07. The molecule has 1 amide bonds. The summed E-state index contributed by atoms with van der Waals surface area (Å²) in [5, 5.41) is 3.03. The molecule has 1 aliphatic heterocycles. The lowest BCUT2D eigenvalue weighted by atomic mass is 9.90. The van der Waals surface area contributed by atoms with Gasteiger partial charge < -0.3 is 10.1 Å². The molecule has 0 aliphatic carbocycles. The molecule has 0 aromatic heterocycles. The summed E-state index contributed by atoms with van der Waals surface area (Å²) in [7, 11) is -1.05. The monoisotopic (exact) mass is 291 g/mol. The van der Waals surface area contributed by atoms with E-state index in [2.05, 4.69) is 31.0 Å². The Morgan fingerprint density at radius 1 is 1.25 bits per heavy atom. The van der Waals surface area contributed by atoms with Gasteiger partial charge in [-0.2, -0.15) is 0 Å². The van der Waals surface area contributed by atoms with Crippen molar-refractivity contribution in [3.63, 3.8) is 0 Å². The van der Waals surface area contributed by atoms with Crippen LogP contribution in [0.3, 0.4) is 0 Å². The molecule has 1 N–H and O–H groups in total. The van der Waals surface area contributed by atoms with Crippen LogP contribution in [0, 0.1) is 0 Å². The topological polar surface area (TPSA) is 38.3 Å². The summed E-state index contributed by atoms with van der Waals surface area (Å²) in [4.78, 5) is 11.9. The van der Waals surface area contributed by atoms with Crippen LogP contribution in [0.2, 0.25) is 25.7 Å². The van der Waals surface area contributed by atoms with E-state index >= 15 is 0 Å². The maximum absolute atomic E-state index is 11.9. The molecular weight excluding hydrogens is 266 g/mol. The molecule has 1 aliphatic rings. The molecule has 0 atom stereocenters. The second kappa shape index (κ2) is 5.33. The van der Waals surface area contributed by atoms with Gasteiger partial charge in [-0.1, -0.05) is 31.8 Å². The van der Waals surface area contributed by atoms with Crippen molar-refractivity contribution in [3.05, 3.63) is 34.9 Å². The average molecular weight is 291 g/mol. The molecule has 0 spiro atoms. The number of rotatable bonds is 5. The fourth-order valence-electron chi connectivity index (χ4n) is 2.62. The van der Waals surface area contributed by atoms with Crippen molar-refractivity contribution in [3.8, 4) is 0 Å². The Labute approximate surface area is 122 Å². The number of benzene rings is 1. The Bertz CT molecular complexity index is 518. The Morgan fingerprint density at radius 2 is 1.95 bits per heavy atom. The third kappa shape index (κ3) is 3.30. The number of hydrogen-bond donors (Lipinski definition) is 1. The standard InChI is InChI=1S/C16H25NO2Si/c1-16(2)14-12(11-19-9-10-20(3,4)5)7-6-8-13(14)15(18)17-16/h6-8H,9-11H2,1-5H3,(H,17,18). The van der Waals surface area contributed by atoms with E-state index in [-0.39, 0.29) is 11.4 Å². The van der Waals surface area contributed by atoms with Crippen LogP contribution in [-0.4, -0.2) is 20.6 Å². The molecule has 1 aromatic rings. The van der Waals surface area contributed by atoms with E-state index in [0.717, 1.165) is 23.3 Å². The lowest BCUT2D eigenvalue weighted by Gasteiger charge is -2.22. The van der Waals surface area contributed by atoms with Gasteiger partial charge in [-0.15, -0.1) is 0 Å². The van der Waals surface area contributed by atoms with Crippen molar-refractivity contribution >= 4 is 14.0 Å². The zero-order valence-electron chi connectivity index (χ0n) is 13.2. The lowest BCUT2D eigenvalue weighted by molar-refractivity contribution is 0.0939. The van der Waals surface area contributed by atoms with E-state index in [9.17, 15) is 4.79 Å². The molecule has 1 aromatic carbocycles.